The second-order valence-corrected chi connectivity index (χ2v) is 6.26. The van der Waals surface area contributed by atoms with Crippen LogP contribution in [0.2, 0.25) is 0 Å². The zero-order valence-electron chi connectivity index (χ0n) is 14.9. The first-order valence-corrected chi connectivity index (χ1v) is 8.48. The van der Waals surface area contributed by atoms with E-state index in [2.05, 4.69) is 60.7 Å². The minimum atomic E-state index is 0.189. The SMILES string of the molecule is CCOc1cc2c(cc1OC)[C@H](c1ccc(N(C)C)cc1)NCC2. The normalized spacial score (nSPS) is 16.4. The molecular weight excluding hydrogens is 300 g/mol. The largest absolute Gasteiger partial charge is 0.493 e. The molecule has 0 aromatic heterocycles. The summed E-state index contributed by atoms with van der Waals surface area (Å²) in [4.78, 5) is 2.11. The molecule has 2 aromatic carbocycles. The van der Waals surface area contributed by atoms with Crippen molar-refractivity contribution in [2.24, 2.45) is 0 Å². The third-order valence-corrected chi connectivity index (χ3v) is 4.52. The van der Waals surface area contributed by atoms with Gasteiger partial charge in [0.25, 0.3) is 0 Å². The fraction of sp³-hybridized carbons (Fsp3) is 0.400. The molecule has 0 bridgehead atoms. The van der Waals surface area contributed by atoms with Crippen LogP contribution in [0.15, 0.2) is 36.4 Å². The Labute approximate surface area is 144 Å². The van der Waals surface area contributed by atoms with Gasteiger partial charge < -0.3 is 19.7 Å². The van der Waals surface area contributed by atoms with Gasteiger partial charge in [0.15, 0.2) is 11.5 Å². The van der Waals surface area contributed by atoms with E-state index in [1.54, 1.807) is 7.11 Å². The van der Waals surface area contributed by atoms with Crippen LogP contribution in [0.4, 0.5) is 5.69 Å². The Hall–Kier alpha value is -2.20. The number of rotatable bonds is 5. The van der Waals surface area contributed by atoms with Gasteiger partial charge in [-0.25, -0.2) is 0 Å². The summed E-state index contributed by atoms with van der Waals surface area (Å²) in [5.74, 6) is 1.64. The van der Waals surface area contributed by atoms with Crippen molar-refractivity contribution in [3.63, 3.8) is 0 Å². The zero-order chi connectivity index (χ0) is 17.1. The van der Waals surface area contributed by atoms with E-state index in [1.807, 2.05) is 6.92 Å². The molecule has 0 amide bonds. The van der Waals surface area contributed by atoms with E-state index in [0.29, 0.717) is 6.61 Å². The molecule has 2 aromatic rings. The molecule has 4 nitrogen and oxygen atoms in total. The molecule has 0 fully saturated rings. The zero-order valence-corrected chi connectivity index (χ0v) is 14.9. The number of ether oxygens (including phenoxy) is 2. The summed E-state index contributed by atoms with van der Waals surface area (Å²) >= 11 is 0. The molecule has 4 heteroatoms. The molecule has 0 saturated heterocycles. The molecule has 1 aliphatic heterocycles. The lowest BCUT2D eigenvalue weighted by molar-refractivity contribution is 0.309. The van der Waals surface area contributed by atoms with Gasteiger partial charge in [0.1, 0.15) is 0 Å². The van der Waals surface area contributed by atoms with Gasteiger partial charge in [0, 0.05) is 26.3 Å². The number of hydrogen-bond donors (Lipinski definition) is 1. The summed E-state index contributed by atoms with van der Waals surface area (Å²) in [5.41, 5.74) is 5.09. The highest BCUT2D eigenvalue weighted by atomic mass is 16.5. The number of nitrogens with one attached hydrogen (secondary N) is 1. The molecule has 0 unspecified atom stereocenters. The highest BCUT2D eigenvalue weighted by molar-refractivity contribution is 5.53. The van der Waals surface area contributed by atoms with Crippen LogP contribution in [0.5, 0.6) is 11.5 Å². The van der Waals surface area contributed by atoms with E-state index in [0.717, 1.165) is 24.5 Å². The maximum atomic E-state index is 5.73. The van der Waals surface area contributed by atoms with Gasteiger partial charge >= 0.3 is 0 Å². The molecule has 0 saturated carbocycles. The molecule has 1 N–H and O–H groups in total. The molecule has 128 valence electrons. The van der Waals surface area contributed by atoms with Crippen molar-refractivity contribution < 1.29 is 9.47 Å². The van der Waals surface area contributed by atoms with Crippen molar-refractivity contribution in [3.8, 4) is 11.5 Å². The monoisotopic (exact) mass is 326 g/mol. The molecule has 1 aliphatic rings. The minimum absolute atomic E-state index is 0.189. The van der Waals surface area contributed by atoms with Crippen molar-refractivity contribution >= 4 is 5.69 Å². The number of anilines is 1. The molecule has 3 rings (SSSR count). The van der Waals surface area contributed by atoms with Crippen LogP contribution >= 0.6 is 0 Å². The van der Waals surface area contributed by atoms with Crippen LogP contribution in [-0.4, -0.2) is 34.4 Å². The van der Waals surface area contributed by atoms with Gasteiger partial charge in [-0.05, 0) is 54.3 Å². The maximum absolute atomic E-state index is 5.73. The van der Waals surface area contributed by atoms with E-state index in [-0.39, 0.29) is 6.04 Å². The molecule has 0 aliphatic carbocycles. The van der Waals surface area contributed by atoms with Crippen LogP contribution in [-0.2, 0) is 6.42 Å². The smallest absolute Gasteiger partial charge is 0.161 e. The van der Waals surface area contributed by atoms with Crippen molar-refractivity contribution in [3.05, 3.63) is 53.1 Å². The summed E-state index contributed by atoms with van der Waals surface area (Å²) in [6.07, 6.45) is 1.01. The first kappa shape index (κ1) is 16.7. The second kappa shape index (κ2) is 7.14. The summed E-state index contributed by atoms with van der Waals surface area (Å²) in [5, 5.41) is 3.63. The van der Waals surface area contributed by atoms with E-state index >= 15 is 0 Å². The average Bonchev–Trinajstić information content (AvgIpc) is 2.61. The second-order valence-electron chi connectivity index (χ2n) is 6.26. The number of fused-ring (bicyclic) bond motifs is 1. The maximum Gasteiger partial charge on any atom is 0.161 e. The molecule has 0 radical (unpaired) electrons. The third-order valence-electron chi connectivity index (χ3n) is 4.52. The number of methoxy groups -OCH3 is 1. The summed E-state index contributed by atoms with van der Waals surface area (Å²) in [6, 6.07) is 13.2. The average molecular weight is 326 g/mol. The van der Waals surface area contributed by atoms with E-state index < -0.39 is 0 Å². The number of nitrogens with zero attached hydrogens (tertiary/aromatic N) is 1. The lowest BCUT2D eigenvalue weighted by Crippen LogP contribution is -2.30. The van der Waals surface area contributed by atoms with E-state index in [9.17, 15) is 0 Å². The molecule has 1 heterocycles. The van der Waals surface area contributed by atoms with Gasteiger partial charge in [-0.2, -0.15) is 0 Å². The van der Waals surface area contributed by atoms with Gasteiger partial charge in [-0.15, -0.1) is 0 Å². The predicted octanol–water partition coefficient (Wildman–Crippen LogP) is 3.40. The molecule has 24 heavy (non-hydrogen) atoms. The first-order chi connectivity index (χ1) is 11.6. The Kier molecular flexibility index (Phi) is 4.95. The Morgan fingerprint density at radius 1 is 1.12 bits per heavy atom. The lowest BCUT2D eigenvalue weighted by Gasteiger charge is -2.29. The van der Waals surface area contributed by atoms with Crippen LogP contribution in [0.1, 0.15) is 29.7 Å². The lowest BCUT2D eigenvalue weighted by atomic mass is 9.89. The van der Waals surface area contributed by atoms with Gasteiger partial charge in [-0.1, -0.05) is 12.1 Å². The van der Waals surface area contributed by atoms with Gasteiger partial charge in [0.05, 0.1) is 19.8 Å². The Morgan fingerprint density at radius 2 is 1.88 bits per heavy atom. The molecule has 0 spiro atoms. The van der Waals surface area contributed by atoms with Crippen LogP contribution in [0.3, 0.4) is 0 Å². The van der Waals surface area contributed by atoms with Crippen molar-refractivity contribution in [2.75, 3.05) is 39.3 Å². The quantitative estimate of drug-likeness (QED) is 0.913. The van der Waals surface area contributed by atoms with Crippen molar-refractivity contribution in [1.82, 2.24) is 5.32 Å². The minimum Gasteiger partial charge on any atom is -0.493 e. The van der Waals surface area contributed by atoms with Crippen LogP contribution in [0.25, 0.3) is 0 Å². The van der Waals surface area contributed by atoms with E-state index in [1.165, 1.54) is 22.4 Å². The highest BCUT2D eigenvalue weighted by Gasteiger charge is 2.24. The summed E-state index contributed by atoms with van der Waals surface area (Å²) in [6.45, 7) is 3.60. The fourth-order valence-electron chi connectivity index (χ4n) is 3.25. The Balaban J connectivity index is 1.98. The van der Waals surface area contributed by atoms with E-state index in [4.69, 9.17) is 9.47 Å². The number of benzene rings is 2. The topological polar surface area (TPSA) is 33.7 Å². The number of hydrogen-bond acceptors (Lipinski definition) is 4. The van der Waals surface area contributed by atoms with Gasteiger partial charge in [-0.3, -0.25) is 0 Å². The first-order valence-electron chi connectivity index (χ1n) is 8.48. The molecule has 1 atom stereocenters. The summed E-state index contributed by atoms with van der Waals surface area (Å²) in [7, 11) is 5.81. The van der Waals surface area contributed by atoms with Crippen LogP contribution < -0.4 is 19.7 Å². The van der Waals surface area contributed by atoms with Crippen LogP contribution in [0, 0.1) is 0 Å². The van der Waals surface area contributed by atoms with Crippen molar-refractivity contribution in [2.45, 2.75) is 19.4 Å². The highest BCUT2D eigenvalue weighted by Crippen LogP contribution is 2.37. The molecular formula is C20H26N2O2. The standard InChI is InChI=1S/C20H26N2O2/c1-5-24-19-12-15-10-11-21-20(17(15)13-18(19)23-4)14-6-8-16(9-7-14)22(2)3/h6-9,12-13,20-21H,5,10-11H2,1-4H3/t20-/m0/s1. The fourth-order valence-corrected chi connectivity index (χ4v) is 3.25. The van der Waals surface area contributed by atoms with Gasteiger partial charge in [0.2, 0.25) is 0 Å². The van der Waals surface area contributed by atoms with Crippen molar-refractivity contribution in [1.29, 1.82) is 0 Å². The third kappa shape index (κ3) is 3.20. The summed E-state index contributed by atoms with van der Waals surface area (Å²) < 4.78 is 11.3. The Morgan fingerprint density at radius 3 is 2.50 bits per heavy atom. The Bertz CT molecular complexity index is 696. The predicted molar refractivity (Wildman–Crippen MR) is 98.5 cm³/mol.